The Labute approximate surface area is 442 Å². The Morgan fingerprint density at radius 1 is 0.539 bits per heavy atom. The molecule has 3 atom stereocenters. The van der Waals surface area contributed by atoms with Gasteiger partial charge in [0.15, 0.2) is 0 Å². The third-order valence-electron chi connectivity index (χ3n) is 10.6. The van der Waals surface area contributed by atoms with E-state index in [0.717, 1.165) is 34.5 Å². The molecule has 3 aliphatic heterocycles. The summed E-state index contributed by atoms with van der Waals surface area (Å²) in [5.41, 5.74) is -4.15. The number of carbonyl (C=O) groups excluding carboxylic acids is 3. The first-order chi connectivity index (χ1) is 35.2. The molecular formula is C42H34BrCl3F9N15O6. The summed E-state index contributed by atoms with van der Waals surface area (Å²) in [5, 5.41) is 11.5. The molecule has 0 bridgehead atoms. The van der Waals surface area contributed by atoms with Crippen LogP contribution in [-0.2, 0) is 17.0 Å². The zero-order valence-corrected chi connectivity index (χ0v) is 42.4. The monoisotopic (exact) mass is 1200 g/mol. The van der Waals surface area contributed by atoms with Gasteiger partial charge in [-0.3, -0.25) is 42.5 Å². The fourth-order valence-corrected chi connectivity index (χ4v) is 9.25. The molecule has 6 aromatic heterocycles. The van der Waals surface area contributed by atoms with Crippen molar-refractivity contribution >= 4 is 97.3 Å². The van der Waals surface area contributed by atoms with Gasteiger partial charge in [0.1, 0.15) is 81.9 Å². The lowest BCUT2D eigenvalue weighted by molar-refractivity contribution is -0.156. The number of nitrogens with one attached hydrogen (secondary N) is 5. The van der Waals surface area contributed by atoms with E-state index < -0.39 is 89.2 Å². The van der Waals surface area contributed by atoms with Crippen molar-refractivity contribution in [3.63, 3.8) is 0 Å². The largest absolute Gasteiger partial charge is 0.393 e. The van der Waals surface area contributed by atoms with E-state index in [1.165, 1.54) is 61.7 Å². The number of alkyl halides is 9. The molecule has 6 aromatic rings. The zero-order chi connectivity index (χ0) is 56.5. The number of nitrogens with two attached hydrogens (primary N) is 1. The summed E-state index contributed by atoms with van der Waals surface area (Å²) in [7, 11) is 0. The molecule has 3 amide bonds. The fourth-order valence-electron chi connectivity index (χ4n) is 7.88. The lowest BCUT2D eigenvalue weighted by Gasteiger charge is -2.28. The van der Waals surface area contributed by atoms with E-state index in [0.29, 0.717) is 5.82 Å². The molecule has 3 unspecified atom stereocenters. The minimum Gasteiger partial charge on any atom is -0.384 e. The highest BCUT2D eigenvalue weighted by molar-refractivity contribution is 9.10. The number of amides is 3. The molecule has 9 heterocycles. The highest BCUT2D eigenvalue weighted by Gasteiger charge is 2.51. The van der Waals surface area contributed by atoms with E-state index in [2.05, 4.69) is 72.4 Å². The Morgan fingerprint density at radius 2 is 0.855 bits per heavy atom. The van der Waals surface area contributed by atoms with Crippen molar-refractivity contribution in [3.8, 4) is 0 Å². The van der Waals surface area contributed by atoms with Crippen molar-refractivity contribution in [1.29, 1.82) is 0 Å². The van der Waals surface area contributed by atoms with Crippen molar-refractivity contribution in [3.05, 3.63) is 142 Å². The van der Waals surface area contributed by atoms with Crippen LogP contribution in [0.3, 0.4) is 0 Å². The standard InChI is InChI=1S/2C14H11ClF3N5O2.C10H7BrClF3N2O2.C4H5N3/c2*1-13(5-14(16,17)18)22-11(24)10-7(15)4-8(12(25)23(10)13)21-9-2-3-19-6-20-9;1-9(3-10(13,14)15)16-7(18)6-5(12)2-4(11)8(19)17(6)9;5-4-1-2-6-3-7-4/h2*2-4,6H,5H2,1H3,(H,22,24)(H,19,20,21);2H,3H2,1H3,(H,16,18);1-3H,(H2,5,6,7). The van der Waals surface area contributed by atoms with Crippen LogP contribution < -0.4 is 49.0 Å². The Morgan fingerprint density at radius 3 is 1.13 bits per heavy atom. The van der Waals surface area contributed by atoms with Gasteiger partial charge in [0, 0.05) is 18.6 Å². The smallest absolute Gasteiger partial charge is 0.384 e. The van der Waals surface area contributed by atoms with Crippen LogP contribution in [0.1, 0.15) is 71.5 Å². The molecule has 21 nitrogen and oxygen atoms in total. The van der Waals surface area contributed by atoms with Crippen LogP contribution in [0.4, 0.5) is 68.3 Å². The fraction of sp³-hybridized carbons (Fsp3) is 0.286. The summed E-state index contributed by atoms with van der Waals surface area (Å²) in [6, 6.07) is 8.11. The van der Waals surface area contributed by atoms with E-state index in [1.54, 1.807) is 12.3 Å². The number of aromatic nitrogens is 9. The van der Waals surface area contributed by atoms with Crippen molar-refractivity contribution in [1.82, 2.24) is 59.6 Å². The second kappa shape index (κ2) is 21.7. The van der Waals surface area contributed by atoms with Crippen molar-refractivity contribution < 1.29 is 53.9 Å². The summed E-state index contributed by atoms with van der Waals surface area (Å²) >= 11 is 20.8. The first kappa shape index (κ1) is 57.9. The molecular weight excluding hydrogens is 1170 g/mol. The summed E-state index contributed by atoms with van der Waals surface area (Å²) in [6.07, 6.45) is -9.67. The van der Waals surface area contributed by atoms with Crippen LogP contribution in [-0.4, -0.2) is 79.9 Å². The quantitative estimate of drug-likeness (QED) is 0.0844. The molecule has 0 aliphatic carbocycles. The summed E-state index contributed by atoms with van der Waals surface area (Å²) < 4.78 is 118. The van der Waals surface area contributed by atoms with Gasteiger partial charge in [-0.05, 0) is 73.1 Å². The molecule has 0 spiro atoms. The molecule has 9 rings (SSSR count). The molecule has 404 valence electrons. The predicted octanol–water partition coefficient (Wildman–Crippen LogP) is 7.50. The second-order valence-corrected chi connectivity index (χ2v) is 18.8. The van der Waals surface area contributed by atoms with Gasteiger partial charge >= 0.3 is 18.5 Å². The summed E-state index contributed by atoms with van der Waals surface area (Å²) in [6.45, 7) is 3.35. The van der Waals surface area contributed by atoms with Crippen LogP contribution in [0, 0.1) is 0 Å². The molecule has 0 radical (unpaired) electrons. The first-order valence-electron chi connectivity index (χ1n) is 20.9. The van der Waals surface area contributed by atoms with Gasteiger partial charge in [-0.1, -0.05) is 34.8 Å². The van der Waals surface area contributed by atoms with Gasteiger partial charge in [-0.25, -0.2) is 29.9 Å². The van der Waals surface area contributed by atoms with E-state index in [9.17, 15) is 68.3 Å². The molecule has 7 N–H and O–H groups in total. The second-order valence-electron chi connectivity index (χ2n) is 16.8. The minimum atomic E-state index is -4.61. The maximum Gasteiger partial charge on any atom is 0.393 e. The lowest BCUT2D eigenvalue weighted by atomic mass is 10.1. The number of halogens is 13. The van der Waals surface area contributed by atoms with Crippen LogP contribution in [0.5, 0.6) is 0 Å². The molecule has 3 aliphatic rings. The first-order valence-corrected chi connectivity index (χ1v) is 22.9. The lowest BCUT2D eigenvalue weighted by Crippen LogP contribution is -2.48. The molecule has 0 saturated heterocycles. The maximum absolute atomic E-state index is 12.9. The number of fused-ring (bicyclic) bond motifs is 3. The van der Waals surface area contributed by atoms with Gasteiger partial charge in [-0.15, -0.1) is 0 Å². The van der Waals surface area contributed by atoms with Gasteiger partial charge in [0.25, 0.3) is 34.4 Å². The minimum absolute atomic E-state index is 0.00819. The van der Waals surface area contributed by atoms with E-state index in [4.69, 9.17) is 40.5 Å². The van der Waals surface area contributed by atoms with E-state index in [-0.39, 0.29) is 59.6 Å². The SMILES string of the molecule is CC1(CC(F)(F)F)NC(=O)c2c(Cl)cc(Br)c(=O)n21.CC1(CC(F)(F)F)NC(=O)c2c(Cl)cc(Nc3ccncn3)c(=O)n21.CC1(CC(F)(F)F)NC(=O)c2c(Cl)cc(Nc3ccncn3)c(=O)n21.Nc1ccncn1. The van der Waals surface area contributed by atoms with Crippen LogP contribution in [0.2, 0.25) is 15.1 Å². The molecule has 76 heavy (non-hydrogen) atoms. The molecule has 34 heteroatoms. The Bertz CT molecular complexity index is 3250. The zero-order valence-electron chi connectivity index (χ0n) is 38.5. The van der Waals surface area contributed by atoms with Crippen molar-refractivity contribution in [2.75, 3.05) is 16.4 Å². The number of pyridine rings is 3. The number of rotatable bonds is 7. The van der Waals surface area contributed by atoms with Gasteiger partial charge in [0.2, 0.25) is 0 Å². The third kappa shape index (κ3) is 13.2. The Kier molecular flexibility index (Phi) is 16.5. The highest BCUT2D eigenvalue weighted by Crippen LogP contribution is 2.39. The van der Waals surface area contributed by atoms with E-state index >= 15 is 0 Å². The van der Waals surface area contributed by atoms with Gasteiger partial charge in [0.05, 0.1) is 38.8 Å². The molecule has 0 fully saturated rings. The van der Waals surface area contributed by atoms with Crippen LogP contribution in [0.15, 0.2) is 92.8 Å². The molecule has 0 saturated carbocycles. The normalized spacial score (nSPS) is 19.2. The Balaban J connectivity index is 0.000000175. The van der Waals surface area contributed by atoms with Crippen molar-refractivity contribution in [2.45, 2.75) is 75.6 Å². The Hall–Kier alpha value is -7.38. The van der Waals surface area contributed by atoms with Crippen LogP contribution >= 0.6 is 50.7 Å². The highest BCUT2D eigenvalue weighted by atomic mass is 79.9. The van der Waals surface area contributed by atoms with Crippen LogP contribution in [0.25, 0.3) is 0 Å². The number of anilines is 5. The van der Waals surface area contributed by atoms with Gasteiger partial charge in [-0.2, -0.15) is 39.5 Å². The maximum atomic E-state index is 12.9. The summed E-state index contributed by atoms with van der Waals surface area (Å²) in [5.74, 6) is -1.49. The average Bonchev–Trinajstić information content (AvgIpc) is 3.83. The van der Waals surface area contributed by atoms with Gasteiger partial charge < -0.3 is 32.3 Å². The topological polar surface area (TPSA) is 281 Å². The number of hydrogen-bond acceptors (Lipinski definition) is 15. The number of carbonyl (C=O) groups is 3. The van der Waals surface area contributed by atoms with E-state index in [1.807, 2.05) is 0 Å². The number of nitrogen functional groups attached to an aromatic ring is 1. The average molecular weight is 1200 g/mol. The van der Waals surface area contributed by atoms with Crippen molar-refractivity contribution in [2.24, 2.45) is 0 Å². The molecule has 0 aromatic carbocycles. The summed E-state index contributed by atoms with van der Waals surface area (Å²) in [4.78, 5) is 95.7. The number of hydrogen-bond donors (Lipinski definition) is 6. The third-order valence-corrected chi connectivity index (χ3v) is 12.1. The predicted molar refractivity (Wildman–Crippen MR) is 257 cm³/mol. The number of nitrogens with zero attached hydrogens (tertiary/aromatic N) is 9.